The Morgan fingerprint density at radius 1 is 1.46 bits per heavy atom. The van der Waals surface area contributed by atoms with Crippen LogP contribution in [0.5, 0.6) is 5.75 Å². The molecule has 2 N–H and O–H groups in total. The number of fused-ring (bicyclic) bond motifs is 1. The second kappa shape index (κ2) is 6.82. The number of halogens is 1. The lowest BCUT2D eigenvalue weighted by Crippen LogP contribution is -2.18. The summed E-state index contributed by atoms with van der Waals surface area (Å²) in [5.74, 6) is 1.66. The monoisotopic (exact) mass is 385 g/mol. The van der Waals surface area contributed by atoms with Gasteiger partial charge < -0.3 is 10.5 Å². The number of methoxy groups -OCH3 is 1. The average molecular weight is 386 g/mol. The van der Waals surface area contributed by atoms with Crippen LogP contribution >= 0.6 is 15.9 Å². The van der Waals surface area contributed by atoms with Crippen molar-refractivity contribution in [3.05, 3.63) is 39.5 Å². The molecule has 0 saturated carbocycles. The summed E-state index contributed by atoms with van der Waals surface area (Å²) in [6.07, 6.45) is 4.09. The van der Waals surface area contributed by atoms with Gasteiger partial charge in [-0.15, -0.1) is 0 Å². The maximum Gasteiger partial charge on any atom is 0.142 e. The Balaban J connectivity index is 2.33. The van der Waals surface area contributed by atoms with Crippen LogP contribution in [0.1, 0.15) is 36.6 Å². The van der Waals surface area contributed by atoms with Gasteiger partial charge in [0.2, 0.25) is 0 Å². The van der Waals surface area contributed by atoms with Crippen LogP contribution in [-0.4, -0.2) is 12.1 Å². The molecule has 0 fully saturated rings. The first-order valence-corrected chi connectivity index (χ1v) is 8.93. The molecule has 3 rings (SSSR count). The van der Waals surface area contributed by atoms with Gasteiger partial charge in [-0.1, -0.05) is 29.3 Å². The number of nitrogens with two attached hydrogens (primary N) is 1. The largest absolute Gasteiger partial charge is 0.496 e. The van der Waals surface area contributed by atoms with Gasteiger partial charge >= 0.3 is 0 Å². The number of benzene rings is 1. The van der Waals surface area contributed by atoms with Crippen molar-refractivity contribution < 1.29 is 4.74 Å². The lowest BCUT2D eigenvalue weighted by atomic mass is 9.80. The minimum absolute atomic E-state index is 0.309. The lowest BCUT2D eigenvalue weighted by Gasteiger charge is -2.27. The molecule has 0 amide bonds. The molecule has 1 aromatic heterocycles. The van der Waals surface area contributed by atoms with Crippen LogP contribution in [0.15, 0.2) is 22.7 Å². The molecule has 0 bridgehead atoms. The number of nitrogens with zero attached hydrogens (tertiary/aromatic N) is 2. The number of nitrogen functional groups attached to an aromatic ring is 1. The highest BCUT2D eigenvalue weighted by Crippen LogP contribution is 2.42. The van der Waals surface area contributed by atoms with Gasteiger partial charge in [0.1, 0.15) is 23.2 Å². The summed E-state index contributed by atoms with van der Waals surface area (Å²) in [6, 6.07) is 8.09. The van der Waals surface area contributed by atoms with E-state index in [1.807, 2.05) is 18.2 Å². The Morgan fingerprint density at radius 2 is 2.25 bits per heavy atom. The van der Waals surface area contributed by atoms with Crippen LogP contribution in [0.4, 0.5) is 5.82 Å². The van der Waals surface area contributed by atoms with Gasteiger partial charge in [-0.25, -0.2) is 4.98 Å². The summed E-state index contributed by atoms with van der Waals surface area (Å²) >= 11 is 3.52. The predicted molar refractivity (Wildman–Crippen MR) is 98.9 cm³/mol. The molecule has 0 aliphatic heterocycles. The third kappa shape index (κ3) is 2.87. The van der Waals surface area contributed by atoms with E-state index >= 15 is 0 Å². The van der Waals surface area contributed by atoms with Crippen molar-refractivity contribution in [2.24, 2.45) is 5.92 Å². The second-order valence-electron chi connectivity index (χ2n) is 6.15. The van der Waals surface area contributed by atoms with Crippen LogP contribution in [0, 0.1) is 17.2 Å². The number of anilines is 1. The fourth-order valence-electron chi connectivity index (χ4n) is 3.48. The molecule has 124 valence electrons. The molecule has 1 aliphatic rings. The van der Waals surface area contributed by atoms with Gasteiger partial charge in [0.25, 0.3) is 0 Å². The number of rotatable bonds is 3. The van der Waals surface area contributed by atoms with Crippen LogP contribution < -0.4 is 10.5 Å². The Morgan fingerprint density at radius 3 is 2.92 bits per heavy atom. The smallest absolute Gasteiger partial charge is 0.142 e. The van der Waals surface area contributed by atoms with Crippen molar-refractivity contribution in [3.63, 3.8) is 0 Å². The Bertz CT molecular complexity index is 826. The van der Waals surface area contributed by atoms with E-state index in [0.29, 0.717) is 17.3 Å². The molecule has 5 heteroatoms. The first-order chi connectivity index (χ1) is 11.6. The summed E-state index contributed by atoms with van der Waals surface area (Å²) in [4.78, 5) is 4.52. The van der Waals surface area contributed by atoms with Gasteiger partial charge in [-0.3, -0.25) is 0 Å². The van der Waals surface area contributed by atoms with Gasteiger partial charge in [-0.2, -0.15) is 5.26 Å². The van der Waals surface area contributed by atoms with Gasteiger partial charge in [0.15, 0.2) is 0 Å². The summed E-state index contributed by atoms with van der Waals surface area (Å²) in [6.45, 7) is 2.21. The van der Waals surface area contributed by atoms with Crippen molar-refractivity contribution in [3.8, 4) is 22.9 Å². The minimum Gasteiger partial charge on any atom is -0.496 e. The quantitative estimate of drug-likeness (QED) is 0.844. The van der Waals surface area contributed by atoms with E-state index in [-0.39, 0.29) is 0 Å². The standard InChI is InChI=1S/C19H20BrN3O/c1-3-11-4-6-16-13(8-11)18(15(10-21)19(22)23-16)14-9-12(20)5-7-17(14)24-2/h5,7,9,11H,3-4,6,8H2,1-2H3,(H2,22,23). The average Bonchev–Trinajstić information content (AvgIpc) is 2.60. The molecule has 1 unspecified atom stereocenters. The third-order valence-electron chi connectivity index (χ3n) is 4.81. The lowest BCUT2D eigenvalue weighted by molar-refractivity contribution is 0.415. The zero-order valence-corrected chi connectivity index (χ0v) is 15.5. The van der Waals surface area contributed by atoms with E-state index < -0.39 is 0 Å². The van der Waals surface area contributed by atoms with E-state index in [1.165, 1.54) is 0 Å². The number of pyridine rings is 1. The van der Waals surface area contributed by atoms with E-state index in [2.05, 4.69) is 33.9 Å². The van der Waals surface area contributed by atoms with Crippen LogP contribution in [-0.2, 0) is 12.8 Å². The summed E-state index contributed by atoms with van der Waals surface area (Å²) in [5.41, 5.74) is 10.5. The normalized spacial score (nSPS) is 16.3. The van der Waals surface area contributed by atoms with Gasteiger partial charge in [0, 0.05) is 21.3 Å². The molecule has 4 nitrogen and oxygen atoms in total. The molecule has 24 heavy (non-hydrogen) atoms. The maximum absolute atomic E-state index is 9.70. The predicted octanol–water partition coefficient (Wildman–Crippen LogP) is 4.49. The SMILES string of the molecule is CCC1CCc2nc(N)c(C#N)c(-c3cc(Br)ccc3OC)c2C1. The molecular weight excluding hydrogens is 366 g/mol. The molecule has 1 aliphatic carbocycles. The van der Waals surface area contributed by atoms with E-state index in [4.69, 9.17) is 10.5 Å². The van der Waals surface area contributed by atoms with Crippen molar-refractivity contribution in [1.82, 2.24) is 4.98 Å². The fourth-order valence-corrected chi connectivity index (χ4v) is 3.85. The minimum atomic E-state index is 0.309. The first-order valence-electron chi connectivity index (χ1n) is 8.14. The topological polar surface area (TPSA) is 71.9 Å². The van der Waals surface area contributed by atoms with E-state index in [1.54, 1.807) is 7.11 Å². The number of hydrogen-bond acceptors (Lipinski definition) is 4. The summed E-state index contributed by atoms with van der Waals surface area (Å²) < 4.78 is 6.49. The fraction of sp³-hybridized carbons (Fsp3) is 0.368. The highest BCUT2D eigenvalue weighted by Gasteiger charge is 2.27. The van der Waals surface area contributed by atoms with Crippen LogP contribution in [0.25, 0.3) is 11.1 Å². The number of aromatic nitrogens is 1. The summed E-state index contributed by atoms with van der Waals surface area (Å²) in [5, 5.41) is 9.70. The second-order valence-corrected chi connectivity index (χ2v) is 7.06. The van der Waals surface area contributed by atoms with Crippen LogP contribution in [0.3, 0.4) is 0 Å². The molecule has 0 radical (unpaired) electrons. The maximum atomic E-state index is 9.70. The van der Waals surface area contributed by atoms with Crippen molar-refractivity contribution >= 4 is 21.7 Å². The Hall–Kier alpha value is -2.06. The zero-order chi connectivity index (χ0) is 17.3. The number of hydrogen-bond donors (Lipinski definition) is 1. The van der Waals surface area contributed by atoms with Crippen molar-refractivity contribution in [2.45, 2.75) is 32.6 Å². The Kier molecular flexibility index (Phi) is 4.77. The molecule has 1 atom stereocenters. The van der Waals surface area contributed by atoms with E-state index in [0.717, 1.165) is 58.3 Å². The number of ether oxygens (including phenoxy) is 1. The number of aryl methyl sites for hydroxylation is 1. The first kappa shape index (κ1) is 16.8. The molecule has 1 aromatic carbocycles. The third-order valence-corrected chi connectivity index (χ3v) is 5.31. The Labute approximate surface area is 150 Å². The highest BCUT2D eigenvalue weighted by atomic mass is 79.9. The zero-order valence-electron chi connectivity index (χ0n) is 13.9. The van der Waals surface area contributed by atoms with Crippen molar-refractivity contribution in [1.29, 1.82) is 5.26 Å². The van der Waals surface area contributed by atoms with Gasteiger partial charge in [0.05, 0.1) is 7.11 Å². The molecule has 2 aromatic rings. The van der Waals surface area contributed by atoms with Crippen LogP contribution in [0.2, 0.25) is 0 Å². The molecule has 0 saturated heterocycles. The van der Waals surface area contributed by atoms with Crippen molar-refractivity contribution in [2.75, 3.05) is 12.8 Å². The van der Waals surface area contributed by atoms with E-state index in [9.17, 15) is 5.26 Å². The molecule has 0 spiro atoms. The summed E-state index contributed by atoms with van der Waals surface area (Å²) in [7, 11) is 1.64. The number of nitriles is 1. The molecular formula is C19H20BrN3O. The molecule has 1 heterocycles. The van der Waals surface area contributed by atoms with Gasteiger partial charge in [-0.05, 0) is 48.9 Å². The highest BCUT2D eigenvalue weighted by molar-refractivity contribution is 9.10.